The summed E-state index contributed by atoms with van der Waals surface area (Å²) in [6.45, 7) is 5.86. The third kappa shape index (κ3) is 6.55. The molecular formula is C28H35N5O5S. The van der Waals surface area contributed by atoms with Crippen LogP contribution in [0, 0.1) is 6.92 Å². The average Bonchev–Trinajstić information content (AvgIpc) is 3.26. The molecule has 0 aliphatic heterocycles. The van der Waals surface area contributed by atoms with Crippen molar-refractivity contribution in [2.45, 2.75) is 63.9 Å². The molecule has 0 saturated carbocycles. The molecule has 2 heterocycles. The number of hydrogen-bond donors (Lipinski definition) is 3. The van der Waals surface area contributed by atoms with E-state index in [1.165, 1.54) is 18.2 Å². The second kappa shape index (κ2) is 12.5. The van der Waals surface area contributed by atoms with Crippen LogP contribution in [0.25, 0.3) is 16.9 Å². The topological polar surface area (TPSA) is 139 Å². The smallest absolute Gasteiger partial charge is 0.277 e. The molecule has 0 fully saturated rings. The molecular weight excluding hydrogens is 518 g/mol. The van der Waals surface area contributed by atoms with Crippen LogP contribution in [0.3, 0.4) is 0 Å². The number of aromatic nitrogens is 4. The summed E-state index contributed by atoms with van der Waals surface area (Å²) >= 11 is 0. The maximum Gasteiger partial charge on any atom is 0.277 e. The lowest BCUT2D eigenvalue weighted by molar-refractivity contribution is 0.182. The highest BCUT2D eigenvalue weighted by atomic mass is 32.2. The Morgan fingerprint density at radius 1 is 1.10 bits per heavy atom. The number of nitrogens with zero attached hydrogens (tertiary/aromatic N) is 3. The van der Waals surface area contributed by atoms with Crippen LogP contribution in [-0.4, -0.2) is 46.3 Å². The van der Waals surface area contributed by atoms with Crippen molar-refractivity contribution in [1.82, 2.24) is 24.3 Å². The largest absolute Gasteiger partial charge is 0.493 e. The Morgan fingerprint density at radius 2 is 1.87 bits per heavy atom. The number of aliphatic hydroxyl groups is 1. The zero-order valence-corrected chi connectivity index (χ0v) is 23.3. The van der Waals surface area contributed by atoms with Gasteiger partial charge in [0.15, 0.2) is 11.3 Å². The van der Waals surface area contributed by atoms with E-state index >= 15 is 0 Å². The monoisotopic (exact) mass is 553 g/mol. The number of fused-ring (bicyclic) bond motifs is 1. The van der Waals surface area contributed by atoms with E-state index < -0.39 is 16.1 Å². The lowest BCUT2D eigenvalue weighted by atomic mass is 10.1. The highest BCUT2D eigenvalue weighted by molar-refractivity contribution is 7.89. The van der Waals surface area contributed by atoms with Gasteiger partial charge in [0.1, 0.15) is 11.6 Å². The van der Waals surface area contributed by atoms with Gasteiger partial charge in [-0.3, -0.25) is 4.79 Å². The SMILES string of the molecule is CCCCCCc1nc(C)c2c(=O)[nH]c(-c3cc(S(=O)(=O)NCC(O)c4ccccc4)ccc3OCC)nn12. The van der Waals surface area contributed by atoms with Crippen molar-refractivity contribution >= 4 is 15.5 Å². The van der Waals surface area contributed by atoms with Gasteiger partial charge < -0.3 is 14.8 Å². The van der Waals surface area contributed by atoms with Crippen LogP contribution in [0.15, 0.2) is 58.2 Å². The van der Waals surface area contributed by atoms with Gasteiger partial charge in [-0.1, -0.05) is 56.5 Å². The van der Waals surface area contributed by atoms with Crippen LogP contribution in [0.4, 0.5) is 0 Å². The Morgan fingerprint density at radius 3 is 2.59 bits per heavy atom. The van der Waals surface area contributed by atoms with Crippen LogP contribution < -0.4 is 15.0 Å². The Kier molecular flexibility index (Phi) is 9.16. The van der Waals surface area contributed by atoms with Crippen molar-refractivity contribution in [3.8, 4) is 17.1 Å². The Hall–Kier alpha value is -3.54. The minimum atomic E-state index is -4.00. The molecule has 4 rings (SSSR count). The van der Waals surface area contributed by atoms with Gasteiger partial charge in [0.05, 0.1) is 28.9 Å². The summed E-state index contributed by atoms with van der Waals surface area (Å²) in [5.41, 5.74) is 1.50. The quantitative estimate of drug-likeness (QED) is 0.213. The van der Waals surface area contributed by atoms with Gasteiger partial charge in [-0.15, -0.1) is 5.10 Å². The van der Waals surface area contributed by atoms with Crippen LogP contribution in [0.5, 0.6) is 5.75 Å². The molecule has 4 aromatic rings. The number of nitrogens with one attached hydrogen (secondary N) is 2. The Bertz CT molecular complexity index is 1580. The molecule has 208 valence electrons. The minimum absolute atomic E-state index is 0.0504. The molecule has 11 heteroatoms. The van der Waals surface area contributed by atoms with Gasteiger partial charge in [0.25, 0.3) is 5.56 Å². The number of benzene rings is 2. The molecule has 0 saturated heterocycles. The summed E-state index contributed by atoms with van der Waals surface area (Å²) in [6, 6.07) is 13.2. The van der Waals surface area contributed by atoms with Gasteiger partial charge in [-0.05, 0) is 44.0 Å². The van der Waals surface area contributed by atoms with Crippen molar-refractivity contribution in [2.24, 2.45) is 0 Å². The van der Waals surface area contributed by atoms with Gasteiger partial charge in [0.2, 0.25) is 10.0 Å². The van der Waals surface area contributed by atoms with Crippen molar-refractivity contribution in [2.75, 3.05) is 13.2 Å². The third-order valence-corrected chi connectivity index (χ3v) is 7.89. The molecule has 10 nitrogen and oxygen atoms in total. The Balaban J connectivity index is 1.69. The van der Waals surface area contributed by atoms with Crippen LogP contribution in [-0.2, 0) is 16.4 Å². The van der Waals surface area contributed by atoms with E-state index in [0.717, 1.165) is 25.7 Å². The highest BCUT2D eigenvalue weighted by Crippen LogP contribution is 2.30. The van der Waals surface area contributed by atoms with E-state index in [1.54, 1.807) is 35.7 Å². The summed E-state index contributed by atoms with van der Waals surface area (Å²) in [4.78, 5) is 20.4. The normalized spacial score (nSPS) is 12.6. The zero-order chi connectivity index (χ0) is 28.0. The van der Waals surface area contributed by atoms with Gasteiger partial charge >= 0.3 is 0 Å². The summed E-state index contributed by atoms with van der Waals surface area (Å²) < 4.78 is 36.1. The first-order valence-electron chi connectivity index (χ1n) is 13.2. The number of rotatable bonds is 13. The first kappa shape index (κ1) is 28.5. The first-order valence-corrected chi connectivity index (χ1v) is 14.7. The predicted octanol–water partition coefficient (Wildman–Crippen LogP) is 3.93. The number of aryl methyl sites for hydroxylation is 2. The molecule has 1 unspecified atom stereocenters. The third-order valence-electron chi connectivity index (χ3n) is 6.46. The second-order valence-electron chi connectivity index (χ2n) is 9.36. The van der Waals surface area contributed by atoms with Crippen molar-refractivity contribution in [3.63, 3.8) is 0 Å². The number of imidazole rings is 1. The number of H-pyrrole nitrogens is 1. The summed E-state index contributed by atoms with van der Waals surface area (Å²) in [5, 5.41) is 15.1. The molecule has 2 aromatic heterocycles. The summed E-state index contributed by atoms with van der Waals surface area (Å²) in [7, 11) is -4.00. The molecule has 2 aromatic carbocycles. The predicted molar refractivity (Wildman–Crippen MR) is 149 cm³/mol. The van der Waals surface area contributed by atoms with Crippen molar-refractivity contribution < 1.29 is 18.3 Å². The summed E-state index contributed by atoms with van der Waals surface area (Å²) in [6.07, 6.45) is 3.88. The number of unbranched alkanes of at least 4 members (excludes halogenated alkanes) is 3. The molecule has 0 radical (unpaired) electrons. The van der Waals surface area contributed by atoms with E-state index in [9.17, 15) is 18.3 Å². The number of hydrogen-bond acceptors (Lipinski definition) is 7. The Labute approximate surface area is 228 Å². The van der Waals surface area contributed by atoms with Gasteiger partial charge in [0, 0.05) is 13.0 Å². The fourth-order valence-corrected chi connectivity index (χ4v) is 5.50. The van der Waals surface area contributed by atoms with E-state index in [1.807, 2.05) is 13.0 Å². The molecule has 39 heavy (non-hydrogen) atoms. The zero-order valence-electron chi connectivity index (χ0n) is 22.5. The summed E-state index contributed by atoms with van der Waals surface area (Å²) in [5.74, 6) is 1.23. The fourth-order valence-electron chi connectivity index (χ4n) is 4.44. The van der Waals surface area contributed by atoms with Crippen LogP contribution in [0.2, 0.25) is 0 Å². The number of aromatic amines is 1. The van der Waals surface area contributed by atoms with Gasteiger partial charge in [-0.25, -0.2) is 22.6 Å². The van der Waals surface area contributed by atoms with Crippen molar-refractivity contribution in [1.29, 1.82) is 0 Å². The maximum absolute atomic E-state index is 13.2. The molecule has 0 aliphatic carbocycles. The van der Waals surface area contributed by atoms with E-state index in [0.29, 0.717) is 46.9 Å². The second-order valence-corrected chi connectivity index (χ2v) is 11.1. The number of aliphatic hydroxyl groups excluding tert-OH is 1. The molecule has 1 atom stereocenters. The number of sulfonamides is 1. The first-order chi connectivity index (χ1) is 18.7. The average molecular weight is 554 g/mol. The highest BCUT2D eigenvalue weighted by Gasteiger charge is 2.22. The number of ether oxygens (including phenoxy) is 1. The molecule has 0 amide bonds. The lowest BCUT2D eigenvalue weighted by Gasteiger charge is -2.15. The molecule has 0 spiro atoms. The van der Waals surface area contributed by atoms with Crippen molar-refractivity contribution in [3.05, 3.63) is 76.0 Å². The molecule has 0 aliphatic rings. The maximum atomic E-state index is 13.2. The minimum Gasteiger partial charge on any atom is -0.493 e. The van der Waals surface area contributed by atoms with E-state index in [4.69, 9.17) is 4.74 Å². The fraction of sp³-hybridized carbons (Fsp3) is 0.393. The van der Waals surface area contributed by atoms with E-state index in [-0.39, 0.29) is 22.8 Å². The molecule has 0 bridgehead atoms. The van der Waals surface area contributed by atoms with E-state index in [2.05, 4.69) is 26.7 Å². The van der Waals surface area contributed by atoms with Gasteiger partial charge in [-0.2, -0.15) is 0 Å². The standard InChI is InChI=1S/C28H35N5O5S/c1-4-6-7-11-14-25-30-19(3)26-28(35)31-27(32-33(25)26)22-17-21(15-16-24(22)38-5-2)39(36,37)29-18-23(34)20-12-9-8-10-13-20/h8-10,12-13,15-17,23,29,34H,4-7,11,14,18H2,1-3H3,(H,31,32,35). The van der Waals surface area contributed by atoms with Crippen LogP contribution in [0.1, 0.15) is 62.7 Å². The molecule has 3 N–H and O–H groups in total. The van der Waals surface area contributed by atoms with Crippen LogP contribution >= 0.6 is 0 Å². The lowest BCUT2D eigenvalue weighted by Crippen LogP contribution is -2.28.